The number of benzene rings is 1. The lowest BCUT2D eigenvalue weighted by atomic mass is 10.1. The van der Waals surface area contributed by atoms with Crippen molar-refractivity contribution in [3.8, 4) is 5.75 Å². The van der Waals surface area contributed by atoms with Crippen LogP contribution in [0.3, 0.4) is 0 Å². The smallest absolute Gasteiger partial charge is 0.118 e. The van der Waals surface area contributed by atoms with Crippen LogP contribution < -0.4 is 11.5 Å². The molecule has 0 aliphatic rings. The van der Waals surface area contributed by atoms with Gasteiger partial charge in [-0.15, -0.1) is 0 Å². The first-order chi connectivity index (χ1) is 5.74. The van der Waals surface area contributed by atoms with E-state index < -0.39 is 0 Å². The van der Waals surface area contributed by atoms with Gasteiger partial charge in [-0.3, -0.25) is 0 Å². The van der Waals surface area contributed by atoms with Crippen molar-refractivity contribution in [3.05, 3.63) is 23.8 Å². The normalized spacial score (nSPS) is 10.1. The maximum Gasteiger partial charge on any atom is 0.118 e. The van der Waals surface area contributed by atoms with Crippen LogP contribution in [0.25, 0.3) is 0 Å². The molecular formula is C9H14N2O. The molecule has 66 valence electrons. The SMILES string of the molecule is NCCCc1cc(N)ccc1O. The number of aryl methyl sites for hydroxylation is 1. The molecular weight excluding hydrogens is 152 g/mol. The van der Waals surface area contributed by atoms with Crippen LogP contribution in [0, 0.1) is 0 Å². The number of hydrogen-bond donors (Lipinski definition) is 3. The minimum atomic E-state index is 0.303. The van der Waals surface area contributed by atoms with Gasteiger partial charge < -0.3 is 16.6 Å². The average Bonchev–Trinajstić information content (AvgIpc) is 2.07. The molecule has 1 aromatic rings. The van der Waals surface area contributed by atoms with Crippen molar-refractivity contribution in [2.75, 3.05) is 12.3 Å². The lowest BCUT2D eigenvalue weighted by molar-refractivity contribution is 0.467. The van der Waals surface area contributed by atoms with E-state index >= 15 is 0 Å². The predicted octanol–water partition coefficient (Wildman–Crippen LogP) is 0.866. The molecule has 0 saturated heterocycles. The Bertz CT molecular complexity index is 261. The monoisotopic (exact) mass is 166 g/mol. The molecule has 0 fully saturated rings. The first-order valence-corrected chi connectivity index (χ1v) is 4.01. The summed E-state index contributed by atoms with van der Waals surface area (Å²) in [6, 6.07) is 5.08. The number of phenolic OH excluding ortho intramolecular Hbond substituents is 1. The third-order valence-electron chi connectivity index (χ3n) is 1.75. The fourth-order valence-electron chi connectivity index (χ4n) is 1.10. The summed E-state index contributed by atoms with van der Waals surface area (Å²) in [6.07, 6.45) is 1.66. The molecule has 0 spiro atoms. The molecule has 0 radical (unpaired) electrons. The minimum Gasteiger partial charge on any atom is -0.508 e. The number of aromatic hydroxyl groups is 1. The van der Waals surface area contributed by atoms with Crippen molar-refractivity contribution in [2.45, 2.75) is 12.8 Å². The zero-order valence-electron chi connectivity index (χ0n) is 6.96. The Labute approximate surface area is 72.0 Å². The van der Waals surface area contributed by atoms with Crippen LogP contribution in [0.4, 0.5) is 5.69 Å². The average molecular weight is 166 g/mol. The van der Waals surface area contributed by atoms with Gasteiger partial charge >= 0.3 is 0 Å². The maximum absolute atomic E-state index is 9.37. The van der Waals surface area contributed by atoms with Gasteiger partial charge in [0.2, 0.25) is 0 Å². The van der Waals surface area contributed by atoms with Crippen LogP contribution in [-0.4, -0.2) is 11.7 Å². The number of nitrogens with two attached hydrogens (primary N) is 2. The second-order valence-electron chi connectivity index (χ2n) is 2.78. The third kappa shape index (κ3) is 2.13. The summed E-state index contributed by atoms with van der Waals surface area (Å²) in [6.45, 7) is 0.633. The second kappa shape index (κ2) is 3.97. The van der Waals surface area contributed by atoms with Crippen molar-refractivity contribution in [2.24, 2.45) is 5.73 Å². The molecule has 0 aliphatic heterocycles. The molecule has 5 N–H and O–H groups in total. The summed E-state index contributed by atoms with van der Waals surface area (Å²) in [5.41, 5.74) is 12.5. The second-order valence-corrected chi connectivity index (χ2v) is 2.78. The highest BCUT2D eigenvalue weighted by atomic mass is 16.3. The van der Waals surface area contributed by atoms with E-state index in [0.29, 0.717) is 18.0 Å². The molecule has 0 unspecified atom stereocenters. The fraction of sp³-hybridized carbons (Fsp3) is 0.333. The topological polar surface area (TPSA) is 72.3 Å². The molecule has 0 atom stereocenters. The lowest BCUT2D eigenvalue weighted by Crippen LogP contribution is -2.00. The van der Waals surface area contributed by atoms with E-state index in [-0.39, 0.29) is 0 Å². The van der Waals surface area contributed by atoms with E-state index in [9.17, 15) is 5.11 Å². The molecule has 0 aliphatic carbocycles. The van der Waals surface area contributed by atoms with Crippen LogP contribution in [0.2, 0.25) is 0 Å². The van der Waals surface area contributed by atoms with E-state index in [1.165, 1.54) is 0 Å². The number of anilines is 1. The zero-order valence-corrected chi connectivity index (χ0v) is 6.96. The number of rotatable bonds is 3. The summed E-state index contributed by atoms with van der Waals surface area (Å²) < 4.78 is 0. The minimum absolute atomic E-state index is 0.303. The van der Waals surface area contributed by atoms with Crippen molar-refractivity contribution in [1.82, 2.24) is 0 Å². The lowest BCUT2D eigenvalue weighted by Gasteiger charge is -2.03. The Morgan fingerprint density at radius 3 is 2.75 bits per heavy atom. The maximum atomic E-state index is 9.37. The van der Waals surface area contributed by atoms with Crippen LogP contribution >= 0.6 is 0 Å². The Morgan fingerprint density at radius 2 is 2.08 bits per heavy atom. The zero-order chi connectivity index (χ0) is 8.97. The largest absolute Gasteiger partial charge is 0.508 e. The summed E-state index contributed by atoms with van der Waals surface area (Å²) in [4.78, 5) is 0. The number of phenols is 1. The standard InChI is InChI=1S/C9H14N2O/c10-5-1-2-7-6-8(11)3-4-9(7)12/h3-4,6,12H,1-2,5,10-11H2. The molecule has 12 heavy (non-hydrogen) atoms. The predicted molar refractivity (Wildman–Crippen MR) is 49.9 cm³/mol. The number of nitrogen functional groups attached to an aromatic ring is 1. The van der Waals surface area contributed by atoms with Crippen molar-refractivity contribution in [1.29, 1.82) is 0 Å². The van der Waals surface area contributed by atoms with Crippen molar-refractivity contribution >= 4 is 5.69 Å². The van der Waals surface area contributed by atoms with Crippen molar-refractivity contribution < 1.29 is 5.11 Å². The number of hydrogen-bond acceptors (Lipinski definition) is 3. The molecule has 1 aromatic carbocycles. The Kier molecular flexibility index (Phi) is 2.94. The highest BCUT2D eigenvalue weighted by Crippen LogP contribution is 2.20. The van der Waals surface area contributed by atoms with E-state index in [0.717, 1.165) is 18.4 Å². The molecule has 0 amide bonds. The summed E-state index contributed by atoms with van der Waals surface area (Å²) in [7, 11) is 0. The highest BCUT2D eigenvalue weighted by molar-refractivity contribution is 5.47. The van der Waals surface area contributed by atoms with Gasteiger partial charge in [-0.25, -0.2) is 0 Å². The molecule has 3 nitrogen and oxygen atoms in total. The molecule has 3 heteroatoms. The first-order valence-electron chi connectivity index (χ1n) is 4.01. The molecule has 0 heterocycles. The van der Waals surface area contributed by atoms with Crippen LogP contribution in [0.15, 0.2) is 18.2 Å². The molecule has 0 saturated carbocycles. The van der Waals surface area contributed by atoms with E-state index in [4.69, 9.17) is 11.5 Å². The van der Waals surface area contributed by atoms with Crippen LogP contribution in [-0.2, 0) is 6.42 Å². The fourth-order valence-corrected chi connectivity index (χ4v) is 1.10. The molecule has 0 aromatic heterocycles. The van der Waals surface area contributed by atoms with Gasteiger partial charge in [0, 0.05) is 5.69 Å². The molecule has 1 rings (SSSR count). The Morgan fingerprint density at radius 1 is 1.33 bits per heavy atom. The molecule has 0 bridgehead atoms. The van der Waals surface area contributed by atoms with E-state index in [1.54, 1.807) is 18.2 Å². The first kappa shape index (κ1) is 8.87. The quantitative estimate of drug-likeness (QED) is 0.460. The van der Waals surface area contributed by atoms with Crippen molar-refractivity contribution in [3.63, 3.8) is 0 Å². The van der Waals surface area contributed by atoms with Crippen LogP contribution in [0.1, 0.15) is 12.0 Å². The third-order valence-corrected chi connectivity index (χ3v) is 1.75. The van der Waals surface area contributed by atoms with E-state index in [1.807, 2.05) is 0 Å². The van der Waals surface area contributed by atoms with Gasteiger partial charge in [0.1, 0.15) is 5.75 Å². The van der Waals surface area contributed by atoms with Gasteiger partial charge in [-0.2, -0.15) is 0 Å². The Hall–Kier alpha value is -1.22. The highest BCUT2D eigenvalue weighted by Gasteiger charge is 1.99. The Balaban J connectivity index is 2.75. The van der Waals surface area contributed by atoms with E-state index in [2.05, 4.69) is 0 Å². The van der Waals surface area contributed by atoms with Crippen LogP contribution in [0.5, 0.6) is 5.75 Å². The summed E-state index contributed by atoms with van der Waals surface area (Å²) in [5.74, 6) is 0.303. The summed E-state index contributed by atoms with van der Waals surface area (Å²) in [5, 5.41) is 9.37. The van der Waals surface area contributed by atoms with Gasteiger partial charge in [0.25, 0.3) is 0 Å². The summed E-state index contributed by atoms with van der Waals surface area (Å²) >= 11 is 0. The van der Waals surface area contributed by atoms with Gasteiger partial charge in [-0.05, 0) is 43.1 Å². The van der Waals surface area contributed by atoms with Gasteiger partial charge in [-0.1, -0.05) is 0 Å². The van der Waals surface area contributed by atoms with Gasteiger partial charge in [0.15, 0.2) is 0 Å². The van der Waals surface area contributed by atoms with Gasteiger partial charge in [0.05, 0.1) is 0 Å².